The molecule has 0 spiro atoms. The van der Waals surface area contributed by atoms with Crippen LogP contribution in [-0.4, -0.2) is 61.8 Å². The van der Waals surface area contributed by atoms with Crippen LogP contribution in [0.25, 0.3) is 11.0 Å². The first-order valence-corrected chi connectivity index (χ1v) is 11.4. The Balaban J connectivity index is 1.45. The summed E-state index contributed by atoms with van der Waals surface area (Å²) >= 11 is 5.58. The van der Waals surface area contributed by atoms with Crippen LogP contribution in [0.1, 0.15) is 35.8 Å². The average Bonchev–Trinajstić information content (AvgIpc) is 2.84. The lowest BCUT2D eigenvalue weighted by Crippen LogP contribution is -2.52. The number of fused-ring (bicyclic) bond motifs is 1. The molecule has 1 saturated heterocycles. The van der Waals surface area contributed by atoms with E-state index < -0.39 is 11.4 Å². The molecular weight excluding hydrogens is 459 g/mol. The van der Waals surface area contributed by atoms with Crippen molar-refractivity contribution >= 4 is 40.3 Å². The highest BCUT2D eigenvalue weighted by Gasteiger charge is 2.23. The second-order valence-electron chi connectivity index (χ2n) is 8.07. The number of aromatic carboxylic acids is 1. The molecule has 3 heterocycles. The van der Waals surface area contributed by atoms with E-state index in [-0.39, 0.29) is 22.8 Å². The van der Waals surface area contributed by atoms with Crippen molar-refractivity contribution in [2.45, 2.75) is 26.4 Å². The van der Waals surface area contributed by atoms with Gasteiger partial charge in [0.2, 0.25) is 11.4 Å². The molecule has 11 heteroatoms. The summed E-state index contributed by atoms with van der Waals surface area (Å²) in [6.07, 6.45) is 2.73. The molecule has 1 aliphatic rings. The number of anilines is 1. The van der Waals surface area contributed by atoms with Gasteiger partial charge < -0.3 is 24.8 Å². The molecule has 1 atom stereocenters. The number of pyridine rings is 1. The highest BCUT2D eigenvalue weighted by Crippen LogP contribution is 2.17. The van der Waals surface area contributed by atoms with Crippen LogP contribution in [0.3, 0.4) is 0 Å². The first-order chi connectivity index (χ1) is 16.3. The van der Waals surface area contributed by atoms with Crippen LogP contribution in [-0.2, 0) is 6.54 Å². The summed E-state index contributed by atoms with van der Waals surface area (Å²) in [5.74, 6) is -1.06. The molecule has 1 fully saturated rings. The fourth-order valence-electron chi connectivity index (χ4n) is 3.93. The van der Waals surface area contributed by atoms with Gasteiger partial charge in [0, 0.05) is 45.1 Å². The molecule has 0 bridgehead atoms. The highest BCUT2D eigenvalue weighted by atomic mass is 32.1. The average molecular weight is 485 g/mol. The molecule has 0 amide bonds. The predicted octanol–water partition coefficient (Wildman–Crippen LogP) is 2.41. The van der Waals surface area contributed by atoms with Gasteiger partial charge in [0.25, 0.3) is 0 Å². The topological polar surface area (TPSA) is 104 Å². The Morgan fingerprint density at radius 1 is 1.24 bits per heavy atom. The van der Waals surface area contributed by atoms with Gasteiger partial charge in [-0.25, -0.2) is 14.2 Å². The van der Waals surface area contributed by atoms with Crippen LogP contribution in [0.4, 0.5) is 10.3 Å². The Kier molecular flexibility index (Phi) is 6.73. The summed E-state index contributed by atoms with van der Waals surface area (Å²) in [5, 5.41) is 13.4. The zero-order valence-corrected chi connectivity index (χ0v) is 19.7. The number of thiocarbonyl (C=S) groups is 1. The number of piperazine rings is 1. The second-order valence-corrected chi connectivity index (χ2v) is 8.45. The van der Waals surface area contributed by atoms with Gasteiger partial charge in [-0.3, -0.25) is 4.79 Å². The predicted molar refractivity (Wildman–Crippen MR) is 131 cm³/mol. The normalized spacial score (nSPS) is 14.8. The van der Waals surface area contributed by atoms with Crippen molar-refractivity contribution in [1.82, 2.24) is 24.8 Å². The number of hydrogen-bond donors (Lipinski definition) is 2. The summed E-state index contributed by atoms with van der Waals surface area (Å²) < 4.78 is 14.8. The summed E-state index contributed by atoms with van der Waals surface area (Å²) in [6, 6.07) is 6.27. The van der Waals surface area contributed by atoms with Gasteiger partial charge >= 0.3 is 5.97 Å². The van der Waals surface area contributed by atoms with E-state index in [4.69, 9.17) is 12.2 Å². The minimum absolute atomic E-state index is 0.0589. The molecule has 4 rings (SSSR count). The third kappa shape index (κ3) is 4.69. The lowest BCUT2D eigenvalue weighted by atomic mass is 10.1. The second kappa shape index (κ2) is 9.72. The number of nitrogens with one attached hydrogen (secondary N) is 1. The third-order valence-electron chi connectivity index (χ3n) is 5.93. The van der Waals surface area contributed by atoms with Crippen molar-refractivity contribution in [2.75, 3.05) is 31.1 Å². The van der Waals surface area contributed by atoms with Crippen molar-refractivity contribution in [3.63, 3.8) is 0 Å². The van der Waals surface area contributed by atoms with E-state index in [9.17, 15) is 19.1 Å². The zero-order valence-electron chi connectivity index (χ0n) is 18.9. The van der Waals surface area contributed by atoms with Gasteiger partial charge in [-0.15, -0.1) is 0 Å². The lowest BCUT2D eigenvalue weighted by molar-refractivity contribution is 0.0695. The Labute approximate surface area is 200 Å². The molecule has 0 radical (unpaired) electrons. The summed E-state index contributed by atoms with van der Waals surface area (Å²) in [5.41, 5.74) is 0.473. The molecule has 178 valence electrons. The van der Waals surface area contributed by atoms with Gasteiger partial charge in [0.05, 0.1) is 11.4 Å². The van der Waals surface area contributed by atoms with Crippen LogP contribution in [0.2, 0.25) is 0 Å². The molecule has 0 aliphatic carbocycles. The lowest BCUT2D eigenvalue weighted by Gasteiger charge is -2.37. The molecule has 34 heavy (non-hydrogen) atoms. The Morgan fingerprint density at radius 3 is 2.53 bits per heavy atom. The van der Waals surface area contributed by atoms with E-state index in [0.717, 1.165) is 5.56 Å². The highest BCUT2D eigenvalue weighted by molar-refractivity contribution is 7.80. The van der Waals surface area contributed by atoms with Crippen LogP contribution in [0.15, 0.2) is 41.5 Å². The van der Waals surface area contributed by atoms with Gasteiger partial charge in [0.1, 0.15) is 17.0 Å². The van der Waals surface area contributed by atoms with Crippen LogP contribution < -0.4 is 15.6 Å². The van der Waals surface area contributed by atoms with E-state index in [1.165, 1.54) is 24.5 Å². The molecular formula is C23H25FN6O3S. The largest absolute Gasteiger partial charge is 0.477 e. The smallest absolute Gasteiger partial charge is 0.341 e. The van der Waals surface area contributed by atoms with Crippen molar-refractivity contribution in [3.8, 4) is 0 Å². The third-order valence-corrected chi connectivity index (χ3v) is 6.31. The van der Waals surface area contributed by atoms with Crippen molar-refractivity contribution in [1.29, 1.82) is 0 Å². The van der Waals surface area contributed by atoms with Gasteiger partial charge in [-0.2, -0.15) is 4.98 Å². The number of halogens is 1. The summed E-state index contributed by atoms with van der Waals surface area (Å²) in [4.78, 5) is 36.9. The van der Waals surface area contributed by atoms with E-state index in [1.54, 1.807) is 16.7 Å². The van der Waals surface area contributed by atoms with Crippen LogP contribution in [0.5, 0.6) is 0 Å². The van der Waals surface area contributed by atoms with E-state index in [2.05, 4.69) is 20.2 Å². The molecule has 2 aromatic heterocycles. The Morgan fingerprint density at radius 2 is 1.91 bits per heavy atom. The van der Waals surface area contributed by atoms with E-state index >= 15 is 0 Å². The SMILES string of the molecule is CCn1cc(C(=O)O)c(=O)c2cnc(N3CCN(C(=S)NC(C)c4ccc(F)cc4)CC3)nc21. The molecule has 2 N–H and O–H groups in total. The van der Waals surface area contributed by atoms with Crippen molar-refractivity contribution < 1.29 is 14.3 Å². The van der Waals surface area contributed by atoms with Crippen LogP contribution >= 0.6 is 12.2 Å². The van der Waals surface area contributed by atoms with E-state index in [1.807, 2.05) is 18.7 Å². The minimum atomic E-state index is -1.27. The van der Waals surface area contributed by atoms with Gasteiger partial charge in [-0.05, 0) is 43.8 Å². The maximum absolute atomic E-state index is 13.2. The number of aromatic nitrogens is 3. The number of nitrogens with zero attached hydrogens (tertiary/aromatic N) is 5. The molecule has 1 aromatic carbocycles. The zero-order chi connectivity index (χ0) is 24.4. The molecule has 1 aliphatic heterocycles. The first-order valence-electron chi connectivity index (χ1n) is 11.0. The number of carboxylic acid groups (broad SMARTS) is 1. The number of hydrogen-bond acceptors (Lipinski definition) is 6. The van der Waals surface area contributed by atoms with Gasteiger partial charge in [0.15, 0.2) is 5.11 Å². The molecule has 9 nitrogen and oxygen atoms in total. The Bertz CT molecular complexity index is 1290. The molecule has 1 unspecified atom stereocenters. The fraction of sp³-hybridized carbons (Fsp3) is 0.348. The first kappa shape index (κ1) is 23.6. The fourth-order valence-corrected chi connectivity index (χ4v) is 4.29. The minimum Gasteiger partial charge on any atom is -0.477 e. The monoisotopic (exact) mass is 484 g/mol. The summed E-state index contributed by atoms with van der Waals surface area (Å²) in [7, 11) is 0. The number of aryl methyl sites for hydroxylation is 1. The standard InChI is InChI=1S/C23H25FN6O3S/c1-3-28-13-18(21(32)33)19(31)17-12-25-22(27-20(17)28)29-8-10-30(11-9-29)23(34)26-14(2)15-4-6-16(24)7-5-15/h4-7,12-14H,3,8-11H2,1-2H3,(H,26,34)(H,32,33). The maximum Gasteiger partial charge on any atom is 0.341 e. The number of rotatable bonds is 5. The van der Waals surface area contributed by atoms with Crippen molar-refractivity contribution in [2.24, 2.45) is 0 Å². The number of carboxylic acids is 1. The summed E-state index contributed by atoms with van der Waals surface area (Å²) in [6.45, 7) is 6.86. The molecule has 3 aromatic rings. The number of carbonyl (C=O) groups is 1. The van der Waals surface area contributed by atoms with E-state index in [0.29, 0.717) is 49.4 Å². The van der Waals surface area contributed by atoms with Crippen LogP contribution in [0, 0.1) is 5.82 Å². The maximum atomic E-state index is 13.2. The Hall–Kier alpha value is -3.60. The van der Waals surface area contributed by atoms with Crippen molar-refractivity contribution in [3.05, 3.63) is 63.8 Å². The quantitative estimate of drug-likeness (QED) is 0.529. The molecule has 0 saturated carbocycles. The van der Waals surface area contributed by atoms with Gasteiger partial charge in [-0.1, -0.05) is 12.1 Å². The number of benzene rings is 1.